The maximum absolute atomic E-state index is 12.3. The molecule has 0 aromatic carbocycles. The molecule has 0 aliphatic carbocycles. The summed E-state index contributed by atoms with van der Waals surface area (Å²) in [6, 6.07) is 1.91. The minimum atomic E-state index is -0.101. The Hall–Kier alpha value is -3.60. The van der Waals surface area contributed by atoms with E-state index in [0.717, 1.165) is 55.1 Å². The van der Waals surface area contributed by atoms with Gasteiger partial charge in [0, 0.05) is 74.4 Å². The van der Waals surface area contributed by atoms with Crippen molar-refractivity contribution in [3.8, 4) is 10.6 Å². The first-order valence-corrected chi connectivity index (χ1v) is 13.9. The molecule has 3 aromatic heterocycles. The minimum Gasteiger partial charge on any atom is -0.365 e. The lowest BCUT2D eigenvalue weighted by Crippen LogP contribution is -2.59. The normalized spacial score (nSPS) is 17.1. The van der Waals surface area contributed by atoms with Crippen molar-refractivity contribution < 1.29 is 9.59 Å². The number of nitrogens with zero attached hydrogens (tertiary/aromatic N) is 6. The molecule has 0 radical (unpaired) electrons. The standard InChI is InChI=1S/C27H34N8O2S/c1-5-22(37)35-15-27(16-35)6-8-34(14-27)26-32-20-11-18(25-29-7-9-38-25)13-30-23(20)24(33-26)31-19(10-17(2)3)12-21(36)28-4/h5,7,9,11,13,17,19H,1,6,8,10,12,14-16H2,2-4H3,(H,28,36)(H,31,32,33). The molecule has 200 valence electrons. The van der Waals surface area contributed by atoms with Gasteiger partial charge in [-0.25, -0.2) is 15.0 Å². The fourth-order valence-electron chi connectivity index (χ4n) is 5.43. The third-order valence-electron chi connectivity index (χ3n) is 7.27. The molecule has 3 aromatic rings. The molecule has 2 amide bonds. The largest absolute Gasteiger partial charge is 0.365 e. The van der Waals surface area contributed by atoms with E-state index >= 15 is 0 Å². The monoisotopic (exact) mass is 534 g/mol. The lowest BCUT2D eigenvalue weighted by atomic mass is 9.79. The molecule has 5 rings (SSSR count). The molecule has 38 heavy (non-hydrogen) atoms. The van der Waals surface area contributed by atoms with Crippen molar-refractivity contribution in [2.75, 3.05) is 43.4 Å². The van der Waals surface area contributed by atoms with Gasteiger partial charge in [0.1, 0.15) is 10.5 Å². The van der Waals surface area contributed by atoms with Crippen molar-refractivity contribution in [3.63, 3.8) is 0 Å². The molecule has 1 atom stereocenters. The smallest absolute Gasteiger partial charge is 0.245 e. The molecule has 11 heteroatoms. The van der Waals surface area contributed by atoms with Gasteiger partial charge in [0.2, 0.25) is 17.8 Å². The van der Waals surface area contributed by atoms with E-state index in [9.17, 15) is 9.59 Å². The van der Waals surface area contributed by atoms with Crippen LogP contribution in [0.15, 0.2) is 36.5 Å². The van der Waals surface area contributed by atoms with E-state index in [4.69, 9.17) is 15.0 Å². The molecule has 2 N–H and O–H groups in total. The number of hydrogen-bond acceptors (Lipinski definition) is 9. The molecule has 0 bridgehead atoms. The Kier molecular flexibility index (Phi) is 7.29. The highest BCUT2D eigenvalue weighted by molar-refractivity contribution is 7.13. The molecule has 0 saturated carbocycles. The zero-order valence-electron chi connectivity index (χ0n) is 22.1. The fraction of sp³-hybridized carbons (Fsp3) is 0.481. The van der Waals surface area contributed by atoms with Crippen LogP contribution in [0, 0.1) is 11.3 Å². The number of carbonyl (C=O) groups excluding carboxylic acids is 2. The SMILES string of the molecule is C=CC(=O)N1CC2(CCN(c3nc(NC(CC(=O)NC)CC(C)C)c4ncc(-c5nccs5)cc4n3)C2)C1. The van der Waals surface area contributed by atoms with Crippen LogP contribution in [0.25, 0.3) is 21.6 Å². The van der Waals surface area contributed by atoms with Crippen molar-refractivity contribution in [1.82, 2.24) is 30.2 Å². The van der Waals surface area contributed by atoms with Gasteiger partial charge in [-0.1, -0.05) is 20.4 Å². The average Bonchev–Trinajstić information content (AvgIpc) is 3.57. The van der Waals surface area contributed by atoms with Crippen molar-refractivity contribution in [1.29, 1.82) is 0 Å². The van der Waals surface area contributed by atoms with Gasteiger partial charge in [-0.05, 0) is 30.9 Å². The summed E-state index contributed by atoms with van der Waals surface area (Å²) in [5, 5.41) is 9.09. The van der Waals surface area contributed by atoms with E-state index in [-0.39, 0.29) is 23.3 Å². The number of anilines is 2. The van der Waals surface area contributed by atoms with Crippen LogP contribution in [0.1, 0.15) is 33.1 Å². The minimum absolute atomic E-state index is 0.0179. The first kappa shape index (κ1) is 26.0. The molecule has 2 aliphatic heterocycles. The molecule has 5 heterocycles. The molecule has 2 fully saturated rings. The first-order chi connectivity index (χ1) is 18.3. The van der Waals surface area contributed by atoms with Crippen LogP contribution in [-0.4, -0.2) is 75.9 Å². The second-order valence-corrected chi connectivity index (χ2v) is 11.6. The molecular formula is C27H34N8O2S. The Balaban J connectivity index is 1.48. The van der Waals surface area contributed by atoms with Crippen LogP contribution in [-0.2, 0) is 9.59 Å². The zero-order chi connectivity index (χ0) is 26.9. The summed E-state index contributed by atoms with van der Waals surface area (Å²) in [5.41, 5.74) is 2.36. The number of hydrogen-bond donors (Lipinski definition) is 2. The maximum atomic E-state index is 12.3. The molecule has 1 unspecified atom stereocenters. The van der Waals surface area contributed by atoms with Gasteiger partial charge in [-0.15, -0.1) is 11.3 Å². The Morgan fingerprint density at radius 3 is 2.74 bits per heavy atom. The van der Waals surface area contributed by atoms with Crippen molar-refractivity contribution in [3.05, 3.63) is 36.5 Å². The van der Waals surface area contributed by atoms with Gasteiger partial charge < -0.3 is 20.4 Å². The van der Waals surface area contributed by atoms with Crippen molar-refractivity contribution >= 4 is 46.0 Å². The quantitative estimate of drug-likeness (QED) is 0.402. The summed E-state index contributed by atoms with van der Waals surface area (Å²) < 4.78 is 0. The highest BCUT2D eigenvalue weighted by atomic mass is 32.1. The average molecular weight is 535 g/mol. The van der Waals surface area contributed by atoms with Crippen LogP contribution >= 0.6 is 11.3 Å². The first-order valence-electron chi connectivity index (χ1n) is 13.0. The Labute approximate surface area is 226 Å². The lowest BCUT2D eigenvalue weighted by molar-refractivity contribution is -0.136. The topological polar surface area (TPSA) is 116 Å². The number of likely N-dealkylation sites (tertiary alicyclic amines) is 1. The summed E-state index contributed by atoms with van der Waals surface area (Å²) in [6.07, 6.45) is 7.08. The fourth-order valence-corrected chi connectivity index (χ4v) is 6.05. The van der Waals surface area contributed by atoms with E-state index in [1.54, 1.807) is 30.8 Å². The van der Waals surface area contributed by atoms with E-state index in [2.05, 4.69) is 40.9 Å². The van der Waals surface area contributed by atoms with E-state index in [1.165, 1.54) is 6.08 Å². The predicted molar refractivity (Wildman–Crippen MR) is 150 cm³/mol. The van der Waals surface area contributed by atoms with Crippen LogP contribution in [0.3, 0.4) is 0 Å². The number of thiazole rings is 1. The van der Waals surface area contributed by atoms with E-state index in [1.807, 2.05) is 16.3 Å². The molecular weight excluding hydrogens is 500 g/mol. The summed E-state index contributed by atoms with van der Waals surface area (Å²) in [7, 11) is 1.65. The lowest BCUT2D eigenvalue weighted by Gasteiger charge is -2.47. The van der Waals surface area contributed by atoms with Crippen LogP contribution in [0.5, 0.6) is 0 Å². The van der Waals surface area contributed by atoms with Gasteiger partial charge in [-0.3, -0.25) is 9.59 Å². The van der Waals surface area contributed by atoms with Crippen LogP contribution in [0.4, 0.5) is 11.8 Å². The number of nitrogens with one attached hydrogen (secondary N) is 2. The van der Waals surface area contributed by atoms with Gasteiger partial charge in [0.25, 0.3) is 0 Å². The van der Waals surface area contributed by atoms with Crippen molar-refractivity contribution in [2.24, 2.45) is 11.3 Å². The number of fused-ring (bicyclic) bond motifs is 1. The molecule has 2 saturated heterocycles. The molecule has 2 aliphatic rings. The number of rotatable bonds is 9. The summed E-state index contributed by atoms with van der Waals surface area (Å²) >= 11 is 1.56. The van der Waals surface area contributed by atoms with Crippen LogP contribution in [0.2, 0.25) is 0 Å². The van der Waals surface area contributed by atoms with Gasteiger partial charge in [0.15, 0.2) is 5.82 Å². The second kappa shape index (κ2) is 10.6. The number of aromatic nitrogens is 4. The highest BCUT2D eigenvalue weighted by Gasteiger charge is 2.49. The van der Waals surface area contributed by atoms with E-state index < -0.39 is 0 Å². The Morgan fingerprint density at radius 2 is 2.05 bits per heavy atom. The third-order valence-corrected chi connectivity index (χ3v) is 8.09. The van der Waals surface area contributed by atoms with Gasteiger partial charge in [-0.2, -0.15) is 4.98 Å². The van der Waals surface area contributed by atoms with Gasteiger partial charge in [0.05, 0.1) is 5.52 Å². The molecule has 10 nitrogen and oxygen atoms in total. The third kappa shape index (κ3) is 5.33. The van der Waals surface area contributed by atoms with Crippen molar-refractivity contribution in [2.45, 2.75) is 39.2 Å². The van der Waals surface area contributed by atoms with Gasteiger partial charge >= 0.3 is 0 Å². The maximum Gasteiger partial charge on any atom is 0.245 e. The zero-order valence-corrected chi connectivity index (χ0v) is 22.9. The second-order valence-electron chi connectivity index (χ2n) is 10.7. The Morgan fingerprint density at radius 1 is 1.24 bits per heavy atom. The Bertz CT molecular complexity index is 1340. The summed E-state index contributed by atoms with van der Waals surface area (Å²) in [5.74, 6) is 1.61. The number of amides is 2. The predicted octanol–water partition coefficient (Wildman–Crippen LogP) is 3.34. The van der Waals surface area contributed by atoms with E-state index in [0.29, 0.717) is 29.6 Å². The van der Waals surface area contributed by atoms with Crippen LogP contribution < -0.4 is 15.5 Å². The number of carbonyl (C=O) groups is 2. The summed E-state index contributed by atoms with van der Waals surface area (Å²) in [6.45, 7) is 10.9. The molecule has 1 spiro atoms. The number of pyridine rings is 1. The highest BCUT2D eigenvalue weighted by Crippen LogP contribution is 2.41. The summed E-state index contributed by atoms with van der Waals surface area (Å²) in [4.78, 5) is 47.4.